The van der Waals surface area contributed by atoms with Crippen LogP contribution < -0.4 is 10.4 Å². The largest absolute Gasteiger partial charge is 0.416 e. The zero-order valence-electron chi connectivity index (χ0n) is 18.1. The first-order valence-corrected chi connectivity index (χ1v) is 12.2. The summed E-state index contributed by atoms with van der Waals surface area (Å²) in [6.45, 7) is 2.27. The molecule has 1 aliphatic heterocycles. The molecule has 1 aromatic carbocycles. The number of hydrogen-bond acceptors (Lipinski definition) is 3. The van der Waals surface area contributed by atoms with Gasteiger partial charge < -0.3 is 4.57 Å². The third-order valence-electron chi connectivity index (χ3n) is 6.57. The molecule has 0 amide bonds. The molecule has 1 aliphatic rings. The molecule has 11 heteroatoms. The fourth-order valence-electron chi connectivity index (χ4n) is 4.68. The highest BCUT2D eigenvalue weighted by atomic mass is 32.2. The van der Waals surface area contributed by atoms with E-state index < -0.39 is 21.8 Å². The minimum Gasteiger partial charge on any atom is -0.342 e. The topological polar surface area (TPSA) is 89.3 Å². The number of fused-ring (bicyclic) bond motifs is 3. The van der Waals surface area contributed by atoms with Crippen LogP contribution in [0.4, 0.5) is 13.2 Å². The molecule has 3 aromatic heterocycles. The van der Waals surface area contributed by atoms with Gasteiger partial charge >= 0.3 is 6.18 Å². The maximum atomic E-state index is 13.3. The number of rotatable bonds is 3. The van der Waals surface area contributed by atoms with Crippen molar-refractivity contribution in [2.45, 2.75) is 30.5 Å². The van der Waals surface area contributed by atoms with Crippen molar-refractivity contribution in [2.24, 2.45) is 5.92 Å². The molecule has 1 saturated heterocycles. The number of sulfonamides is 1. The van der Waals surface area contributed by atoms with Crippen LogP contribution in [0.25, 0.3) is 21.9 Å². The van der Waals surface area contributed by atoms with Crippen molar-refractivity contribution in [2.75, 3.05) is 13.1 Å². The van der Waals surface area contributed by atoms with E-state index in [9.17, 15) is 26.4 Å². The molecule has 7 nitrogen and oxygen atoms in total. The van der Waals surface area contributed by atoms with Crippen LogP contribution in [-0.2, 0) is 16.2 Å². The van der Waals surface area contributed by atoms with Gasteiger partial charge in [0.25, 0.3) is 5.65 Å². The molecule has 0 bridgehead atoms. The number of nitrogens with one attached hydrogen (secondary N) is 2. The SMILES string of the molecule is CC1CCN(S(=O)(=O)c2cccc(C(F)(F)F)c2)CC1n1ccc(=O)c2c[nH+]c3[nH]ccc3c21. The van der Waals surface area contributed by atoms with Gasteiger partial charge in [0.2, 0.25) is 10.0 Å². The minimum atomic E-state index is -4.64. The lowest BCUT2D eigenvalue weighted by atomic mass is 9.94. The zero-order valence-corrected chi connectivity index (χ0v) is 18.9. The Bertz CT molecular complexity index is 1560. The first-order chi connectivity index (χ1) is 16.1. The fourth-order valence-corrected chi connectivity index (χ4v) is 6.20. The van der Waals surface area contributed by atoms with Crippen LogP contribution in [-0.4, -0.2) is 35.4 Å². The number of H-pyrrole nitrogens is 2. The summed E-state index contributed by atoms with van der Waals surface area (Å²) in [5.74, 6) is 0.0665. The van der Waals surface area contributed by atoms with Crippen LogP contribution in [0.2, 0.25) is 0 Å². The second-order valence-electron chi connectivity index (χ2n) is 8.63. The van der Waals surface area contributed by atoms with E-state index in [2.05, 4.69) is 9.97 Å². The van der Waals surface area contributed by atoms with Crippen molar-refractivity contribution in [3.63, 3.8) is 0 Å². The number of aromatic amines is 2. The van der Waals surface area contributed by atoms with E-state index in [1.165, 1.54) is 16.4 Å². The molecule has 4 aromatic rings. The van der Waals surface area contributed by atoms with E-state index in [1.54, 1.807) is 18.6 Å². The van der Waals surface area contributed by atoms with Crippen molar-refractivity contribution < 1.29 is 26.6 Å². The van der Waals surface area contributed by atoms with E-state index in [4.69, 9.17) is 0 Å². The van der Waals surface area contributed by atoms with Gasteiger partial charge in [-0.25, -0.2) is 18.4 Å². The molecule has 2 unspecified atom stereocenters. The first kappa shape index (κ1) is 22.6. The van der Waals surface area contributed by atoms with E-state index in [0.29, 0.717) is 23.4 Å². The molecule has 1 fully saturated rings. The maximum Gasteiger partial charge on any atom is 0.416 e. The van der Waals surface area contributed by atoms with Gasteiger partial charge in [-0.15, -0.1) is 0 Å². The highest BCUT2D eigenvalue weighted by molar-refractivity contribution is 7.89. The van der Waals surface area contributed by atoms with Crippen molar-refractivity contribution in [1.29, 1.82) is 0 Å². The highest BCUT2D eigenvalue weighted by Crippen LogP contribution is 2.35. The lowest BCUT2D eigenvalue weighted by molar-refractivity contribution is -0.345. The lowest BCUT2D eigenvalue weighted by Crippen LogP contribution is -2.44. The Hall–Kier alpha value is -3.18. The predicted molar refractivity (Wildman–Crippen MR) is 120 cm³/mol. The second-order valence-corrected chi connectivity index (χ2v) is 10.6. The summed E-state index contributed by atoms with van der Waals surface area (Å²) in [6, 6.07) is 6.79. The molecule has 0 spiro atoms. The third kappa shape index (κ3) is 3.68. The second kappa shape index (κ2) is 7.95. The Morgan fingerprint density at radius 3 is 2.71 bits per heavy atom. The van der Waals surface area contributed by atoms with Crippen molar-refractivity contribution in [3.8, 4) is 0 Å². The molecule has 0 saturated carbocycles. The number of halogens is 3. The number of pyridine rings is 2. The average Bonchev–Trinajstić information content (AvgIpc) is 3.29. The molecule has 4 heterocycles. The number of alkyl halides is 3. The summed E-state index contributed by atoms with van der Waals surface area (Å²) in [6.07, 6.45) is 0.914. The first-order valence-electron chi connectivity index (χ1n) is 10.8. The van der Waals surface area contributed by atoms with Gasteiger partial charge in [-0.1, -0.05) is 13.0 Å². The standard InChI is InChI=1S/C23H21F3N4O3S/c1-14-6-9-29(34(32,33)16-4-2-3-15(11-16)23(24,25)26)13-19(14)30-10-7-20(31)18-12-28-22-17(21(18)30)5-8-27-22/h2-5,7-8,10-12,14,19H,6,9,13H2,1H3,(H,27,28)/p+1. The van der Waals surface area contributed by atoms with Crippen LogP contribution in [0.15, 0.2) is 64.7 Å². The monoisotopic (exact) mass is 491 g/mol. The predicted octanol–water partition coefficient (Wildman–Crippen LogP) is 3.59. The Morgan fingerprint density at radius 1 is 1.15 bits per heavy atom. The molecule has 178 valence electrons. The highest BCUT2D eigenvalue weighted by Gasteiger charge is 2.37. The van der Waals surface area contributed by atoms with Gasteiger partial charge in [-0.05, 0) is 36.6 Å². The van der Waals surface area contributed by atoms with E-state index in [-0.39, 0.29) is 35.4 Å². The molecule has 34 heavy (non-hydrogen) atoms. The molecule has 2 atom stereocenters. The Kier molecular flexibility index (Phi) is 5.28. The van der Waals surface area contributed by atoms with Crippen LogP contribution in [0.1, 0.15) is 24.9 Å². The normalized spacial score (nSPS) is 20.2. The smallest absolute Gasteiger partial charge is 0.342 e. The average molecular weight is 492 g/mol. The fraction of sp³-hybridized carbons (Fsp3) is 0.304. The Balaban J connectivity index is 1.58. The van der Waals surface area contributed by atoms with Gasteiger partial charge in [0.1, 0.15) is 6.20 Å². The molecule has 2 N–H and O–H groups in total. The lowest BCUT2D eigenvalue weighted by Gasteiger charge is -2.38. The number of nitrogens with zero attached hydrogens (tertiary/aromatic N) is 2. The molecular weight excluding hydrogens is 469 g/mol. The van der Waals surface area contributed by atoms with Gasteiger partial charge in [0.05, 0.1) is 39.0 Å². The summed E-state index contributed by atoms with van der Waals surface area (Å²) in [5.41, 5.74) is 0.233. The van der Waals surface area contributed by atoms with Crippen molar-refractivity contribution in [1.82, 2.24) is 13.9 Å². The number of benzene rings is 1. The van der Waals surface area contributed by atoms with Crippen LogP contribution in [0, 0.1) is 5.92 Å². The maximum absolute atomic E-state index is 13.3. The zero-order chi connectivity index (χ0) is 24.3. The summed E-state index contributed by atoms with van der Waals surface area (Å²) in [7, 11) is -4.16. The summed E-state index contributed by atoms with van der Waals surface area (Å²) < 4.78 is 69.3. The number of piperidine rings is 1. The van der Waals surface area contributed by atoms with Crippen molar-refractivity contribution >= 4 is 32.0 Å². The number of aromatic nitrogens is 3. The third-order valence-corrected chi connectivity index (χ3v) is 8.43. The van der Waals surface area contributed by atoms with E-state index in [0.717, 1.165) is 23.2 Å². The van der Waals surface area contributed by atoms with Crippen molar-refractivity contribution in [3.05, 3.63) is 70.8 Å². The Labute approximate surface area is 192 Å². The summed E-state index contributed by atoms with van der Waals surface area (Å²) in [4.78, 5) is 18.3. The van der Waals surface area contributed by atoms with Crippen LogP contribution in [0.3, 0.4) is 0 Å². The quantitative estimate of drug-likeness (QED) is 0.475. The van der Waals surface area contributed by atoms with E-state index >= 15 is 0 Å². The van der Waals surface area contributed by atoms with Gasteiger partial charge in [0.15, 0.2) is 5.43 Å². The van der Waals surface area contributed by atoms with Crippen LogP contribution >= 0.6 is 0 Å². The van der Waals surface area contributed by atoms with Gasteiger partial charge in [0, 0.05) is 25.4 Å². The van der Waals surface area contributed by atoms with E-state index in [1.807, 2.05) is 17.6 Å². The summed E-state index contributed by atoms with van der Waals surface area (Å²) >= 11 is 0. The molecule has 0 aliphatic carbocycles. The molecule has 5 rings (SSSR count). The minimum absolute atomic E-state index is 0.0665. The molecular formula is C23H22F3N4O3S+. The number of hydrogen-bond donors (Lipinski definition) is 1. The van der Waals surface area contributed by atoms with Crippen LogP contribution in [0.5, 0.6) is 0 Å². The summed E-state index contributed by atoms with van der Waals surface area (Å²) in [5, 5.41) is 1.26. The van der Waals surface area contributed by atoms with Gasteiger partial charge in [-0.3, -0.25) is 4.79 Å². The van der Waals surface area contributed by atoms with Gasteiger partial charge in [-0.2, -0.15) is 17.5 Å². The molecule has 0 radical (unpaired) electrons. The Morgan fingerprint density at radius 2 is 1.94 bits per heavy atom.